The Morgan fingerprint density at radius 2 is 2.00 bits per heavy atom. The van der Waals surface area contributed by atoms with Crippen LogP contribution in [0.25, 0.3) is 10.8 Å². The second-order valence-electron chi connectivity index (χ2n) is 5.51. The third kappa shape index (κ3) is 3.48. The zero-order chi connectivity index (χ0) is 16.4. The molecular weight excluding hydrogens is 374 g/mol. The van der Waals surface area contributed by atoms with Gasteiger partial charge in [0.15, 0.2) is 10.6 Å². The summed E-state index contributed by atoms with van der Waals surface area (Å²) in [6.07, 6.45) is 0.992. The van der Waals surface area contributed by atoms with Crippen LogP contribution in [0.1, 0.15) is 32.1 Å². The normalized spacial score (nSPS) is 12.5. The monoisotopic (exact) mass is 391 g/mol. The van der Waals surface area contributed by atoms with Gasteiger partial charge < -0.3 is 4.74 Å². The van der Waals surface area contributed by atoms with Gasteiger partial charge in [-0.3, -0.25) is 9.67 Å². The van der Waals surface area contributed by atoms with E-state index < -0.39 is 0 Å². The van der Waals surface area contributed by atoms with E-state index in [0.29, 0.717) is 17.4 Å². The first kappa shape index (κ1) is 16.2. The van der Waals surface area contributed by atoms with E-state index in [1.807, 2.05) is 22.8 Å². The van der Waals surface area contributed by atoms with Crippen LogP contribution in [0.2, 0.25) is 0 Å². The van der Waals surface area contributed by atoms with E-state index in [4.69, 9.17) is 17.0 Å². The van der Waals surface area contributed by atoms with Gasteiger partial charge in [-0.1, -0.05) is 35.0 Å². The van der Waals surface area contributed by atoms with E-state index in [1.54, 1.807) is 0 Å². The summed E-state index contributed by atoms with van der Waals surface area (Å²) in [5.41, 5.74) is 0. The molecular formula is C17H18BrN3OS. The van der Waals surface area contributed by atoms with Crippen LogP contribution in [-0.4, -0.2) is 14.8 Å². The van der Waals surface area contributed by atoms with Crippen LogP contribution in [0, 0.1) is 4.77 Å². The smallest absolute Gasteiger partial charge is 0.195 e. The van der Waals surface area contributed by atoms with E-state index in [-0.39, 0.29) is 0 Å². The predicted octanol–water partition coefficient (Wildman–Crippen LogP) is 5.41. The van der Waals surface area contributed by atoms with Crippen molar-refractivity contribution in [2.45, 2.75) is 32.9 Å². The number of ether oxygens (including phenoxy) is 1. The highest BCUT2D eigenvalue weighted by Gasteiger charge is 2.12. The molecule has 0 bridgehead atoms. The van der Waals surface area contributed by atoms with Crippen molar-refractivity contribution >= 4 is 38.9 Å². The van der Waals surface area contributed by atoms with Crippen molar-refractivity contribution in [3.63, 3.8) is 0 Å². The second kappa shape index (κ2) is 6.84. The van der Waals surface area contributed by atoms with Gasteiger partial charge in [0, 0.05) is 10.5 Å². The number of benzene rings is 2. The number of nitrogens with one attached hydrogen (secondary N) is 1. The van der Waals surface area contributed by atoms with Gasteiger partial charge in [-0.2, -0.15) is 5.10 Å². The summed E-state index contributed by atoms with van der Waals surface area (Å²) in [5.74, 6) is 1.64. The van der Waals surface area contributed by atoms with Crippen LogP contribution in [0.5, 0.6) is 5.75 Å². The molecule has 0 fully saturated rings. The molecule has 0 amide bonds. The molecule has 1 N–H and O–H groups in total. The largest absolute Gasteiger partial charge is 0.486 e. The Balaban J connectivity index is 1.81. The van der Waals surface area contributed by atoms with Gasteiger partial charge in [-0.25, -0.2) is 0 Å². The molecule has 1 atom stereocenters. The summed E-state index contributed by atoms with van der Waals surface area (Å²) in [6.45, 7) is 4.65. The molecule has 0 spiro atoms. The van der Waals surface area contributed by atoms with Crippen LogP contribution in [-0.2, 0) is 6.61 Å². The van der Waals surface area contributed by atoms with Gasteiger partial charge in [0.1, 0.15) is 12.4 Å². The number of nitrogens with zero attached hydrogens (tertiary/aromatic N) is 2. The Morgan fingerprint density at radius 3 is 2.78 bits per heavy atom. The standard InChI is InChI=1S/C17H18BrN3OS/c1-3-11(2)21-16(19-20-17(21)23)10-22-15-7-5-12-8-14(18)6-4-13(12)9-15/h4-9,11H,3,10H2,1-2H3,(H,20,23)/t11-/m1/s1. The third-order valence-corrected chi connectivity index (χ3v) is 4.73. The van der Waals surface area contributed by atoms with E-state index in [1.165, 1.54) is 5.39 Å². The first-order chi connectivity index (χ1) is 11.1. The zero-order valence-corrected chi connectivity index (χ0v) is 15.4. The van der Waals surface area contributed by atoms with Crippen molar-refractivity contribution in [1.82, 2.24) is 14.8 Å². The highest BCUT2D eigenvalue weighted by atomic mass is 79.9. The summed E-state index contributed by atoms with van der Waals surface area (Å²) in [6, 6.07) is 12.6. The Morgan fingerprint density at radius 1 is 1.26 bits per heavy atom. The minimum atomic E-state index is 0.300. The van der Waals surface area contributed by atoms with Crippen LogP contribution >= 0.6 is 28.1 Å². The molecule has 6 heteroatoms. The average Bonchev–Trinajstić information content (AvgIpc) is 2.93. The molecule has 0 unspecified atom stereocenters. The first-order valence-corrected chi connectivity index (χ1v) is 8.76. The molecule has 1 heterocycles. The van der Waals surface area contributed by atoms with Gasteiger partial charge in [-0.15, -0.1) is 0 Å². The van der Waals surface area contributed by atoms with E-state index in [0.717, 1.165) is 27.9 Å². The van der Waals surface area contributed by atoms with Crippen LogP contribution in [0.15, 0.2) is 40.9 Å². The van der Waals surface area contributed by atoms with Crippen molar-refractivity contribution < 1.29 is 4.74 Å². The number of halogens is 1. The van der Waals surface area contributed by atoms with Gasteiger partial charge >= 0.3 is 0 Å². The number of fused-ring (bicyclic) bond motifs is 1. The number of rotatable bonds is 5. The minimum Gasteiger partial charge on any atom is -0.486 e. The topological polar surface area (TPSA) is 42.8 Å². The molecule has 1 aromatic heterocycles. The maximum atomic E-state index is 5.92. The fraction of sp³-hybridized carbons (Fsp3) is 0.294. The molecule has 2 aromatic carbocycles. The fourth-order valence-electron chi connectivity index (χ4n) is 2.51. The summed E-state index contributed by atoms with van der Waals surface area (Å²) in [7, 11) is 0. The van der Waals surface area contributed by atoms with Crippen molar-refractivity contribution in [3.05, 3.63) is 51.5 Å². The van der Waals surface area contributed by atoms with Gasteiger partial charge in [0.05, 0.1) is 0 Å². The molecule has 0 aliphatic carbocycles. The molecule has 120 valence electrons. The molecule has 0 aliphatic heterocycles. The van der Waals surface area contributed by atoms with Crippen molar-refractivity contribution in [3.8, 4) is 5.75 Å². The molecule has 0 aliphatic rings. The molecule has 3 aromatic rings. The van der Waals surface area contributed by atoms with E-state index in [9.17, 15) is 0 Å². The van der Waals surface area contributed by atoms with Crippen molar-refractivity contribution in [2.24, 2.45) is 0 Å². The molecule has 23 heavy (non-hydrogen) atoms. The van der Waals surface area contributed by atoms with Crippen LogP contribution in [0.4, 0.5) is 0 Å². The summed E-state index contributed by atoms with van der Waals surface area (Å²) < 4.78 is 9.65. The van der Waals surface area contributed by atoms with Crippen LogP contribution in [0.3, 0.4) is 0 Å². The van der Waals surface area contributed by atoms with Crippen molar-refractivity contribution in [2.75, 3.05) is 0 Å². The first-order valence-electron chi connectivity index (χ1n) is 7.56. The van der Waals surface area contributed by atoms with E-state index >= 15 is 0 Å². The average molecular weight is 392 g/mol. The number of aromatic amines is 1. The van der Waals surface area contributed by atoms with E-state index in [2.05, 4.69) is 58.2 Å². The minimum absolute atomic E-state index is 0.300. The number of H-pyrrole nitrogens is 1. The maximum Gasteiger partial charge on any atom is 0.195 e. The molecule has 4 nitrogen and oxygen atoms in total. The van der Waals surface area contributed by atoms with Gasteiger partial charge in [0.25, 0.3) is 0 Å². The molecule has 0 saturated carbocycles. The fourth-order valence-corrected chi connectivity index (χ4v) is 3.22. The third-order valence-electron chi connectivity index (χ3n) is 3.95. The Bertz CT molecular complexity index is 887. The summed E-state index contributed by atoms with van der Waals surface area (Å²) in [5, 5.41) is 9.46. The van der Waals surface area contributed by atoms with Gasteiger partial charge in [-0.05, 0) is 60.6 Å². The quantitative estimate of drug-likeness (QED) is 0.591. The number of hydrogen-bond donors (Lipinski definition) is 1. The lowest BCUT2D eigenvalue weighted by molar-refractivity contribution is 0.284. The zero-order valence-electron chi connectivity index (χ0n) is 13.0. The highest BCUT2D eigenvalue weighted by Crippen LogP contribution is 2.25. The lowest BCUT2D eigenvalue weighted by atomic mass is 10.1. The summed E-state index contributed by atoms with van der Waals surface area (Å²) in [4.78, 5) is 0. The number of hydrogen-bond acceptors (Lipinski definition) is 3. The number of aromatic nitrogens is 3. The predicted molar refractivity (Wildman–Crippen MR) is 98.4 cm³/mol. The lowest BCUT2D eigenvalue weighted by Crippen LogP contribution is -2.11. The Kier molecular flexibility index (Phi) is 4.82. The maximum absolute atomic E-state index is 5.92. The second-order valence-corrected chi connectivity index (χ2v) is 6.82. The SMILES string of the molecule is CC[C@@H](C)n1c(COc2ccc3cc(Br)ccc3c2)n[nH]c1=S. The summed E-state index contributed by atoms with van der Waals surface area (Å²) >= 11 is 8.79. The molecule has 0 saturated heterocycles. The highest BCUT2D eigenvalue weighted by molar-refractivity contribution is 9.10. The molecule has 3 rings (SSSR count). The molecule has 0 radical (unpaired) electrons. The Labute approximate surface area is 148 Å². The Hall–Kier alpha value is -1.66. The van der Waals surface area contributed by atoms with Crippen LogP contribution < -0.4 is 4.74 Å². The van der Waals surface area contributed by atoms with Crippen molar-refractivity contribution in [1.29, 1.82) is 0 Å². The lowest BCUT2D eigenvalue weighted by Gasteiger charge is -2.14. The van der Waals surface area contributed by atoms with Gasteiger partial charge in [0.2, 0.25) is 0 Å².